The van der Waals surface area contributed by atoms with Crippen LogP contribution in [0.5, 0.6) is 0 Å². The lowest BCUT2D eigenvalue weighted by Crippen LogP contribution is -2.30. The smallest absolute Gasteiger partial charge is 0.306 e. The summed E-state index contributed by atoms with van der Waals surface area (Å²) in [5.41, 5.74) is 0. The molecular formula is C67H108O6. The molecule has 0 heterocycles. The highest BCUT2D eigenvalue weighted by Gasteiger charge is 2.19. The van der Waals surface area contributed by atoms with Crippen LogP contribution in [0, 0.1) is 0 Å². The predicted molar refractivity (Wildman–Crippen MR) is 316 cm³/mol. The maximum Gasteiger partial charge on any atom is 0.306 e. The molecule has 73 heavy (non-hydrogen) atoms. The number of esters is 3. The third kappa shape index (κ3) is 58.3. The van der Waals surface area contributed by atoms with Crippen molar-refractivity contribution in [1.82, 2.24) is 0 Å². The first-order chi connectivity index (χ1) is 36.0. The molecule has 0 unspecified atom stereocenters. The van der Waals surface area contributed by atoms with E-state index in [1.54, 1.807) is 0 Å². The van der Waals surface area contributed by atoms with Gasteiger partial charge in [-0.15, -0.1) is 0 Å². The molecule has 0 aliphatic rings. The van der Waals surface area contributed by atoms with Crippen LogP contribution in [0.4, 0.5) is 0 Å². The Morgan fingerprint density at radius 2 is 0.534 bits per heavy atom. The van der Waals surface area contributed by atoms with Crippen molar-refractivity contribution in [2.75, 3.05) is 13.2 Å². The van der Waals surface area contributed by atoms with Gasteiger partial charge in [0.05, 0.1) is 0 Å². The molecule has 0 bridgehead atoms. The van der Waals surface area contributed by atoms with E-state index in [2.05, 4.69) is 154 Å². The zero-order valence-corrected chi connectivity index (χ0v) is 47.1. The molecule has 0 aromatic rings. The number of carbonyl (C=O) groups excluding carboxylic acids is 3. The summed E-state index contributed by atoms with van der Waals surface area (Å²) in [5, 5.41) is 0. The Labute approximate surface area is 449 Å². The van der Waals surface area contributed by atoms with Crippen LogP contribution in [0.2, 0.25) is 0 Å². The first kappa shape index (κ1) is 68.6. The van der Waals surface area contributed by atoms with Crippen LogP contribution in [0.15, 0.2) is 134 Å². The molecule has 0 aliphatic carbocycles. The second-order valence-electron chi connectivity index (χ2n) is 19.2. The van der Waals surface area contributed by atoms with Crippen molar-refractivity contribution in [1.29, 1.82) is 0 Å². The quantitative estimate of drug-likeness (QED) is 0.0261. The summed E-state index contributed by atoms with van der Waals surface area (Å²) in [6.07, 6.45) is 84.3. The molecule has 0 aromatic carbocycles. The van der Waals surface area contributed by atoms with E-state index in [1.807, 2.05) is 0 Å². The number of ether oxygens (including phenoxy) is 3. The standard InChI is InChI=1S/C67H108O6/c1-4-7-10-13-16-19-22-25-28-31-33-36-39-42-45-48-51-54-57-60-66(69)72-63-64(62-71-65(68)59-56-53-50-47-44-41-38-35-30-27-24-21-18-15-12-9-6-3)73-67(70)61-58-55-52-49-46-43-40-37-34-32-29-26-23-20-17-14-11-8-5-2/h7,10,16-21,25-30,33-34,36-38,41-42,45,64H,4-6,8-9,11-15,22-24,31-32,35,39-40,43-44,46-63H2,1-3H3/b10-7-,19-16-,20-17-,21-18-,28-25-,29-26-,30-27-,36-33-,37-34-,41-38-,45-42-/t64-/m1/s1. The lowest BCUT2D eigenvalue weighted by molar-refractivity contribution is -0.167. The summed E-state index contributed by atoms with van der Waals surface area (Å²) in [6.45, 7) is 6.41. The van der Waals surface area contributed by atoms with Crippen molar-refractivity contribution in [3.05, 3.63) is 134 Å². The number of rotatable bonds is 52. The minimum Gasteiger partial charge on any atom is -0.462 e. The molecule has 0 radical (unpaired) electrons. The molecule has 0 saturated carbocycles. The van der Waals surface area contributed by atoms with Crippen LogP contribution in [-0.4, -0.2) is 37.2 Å². The average Bonchev–Trinajstić information content (AvgIpc) is 3.39. The normalized spacial score (nSPS) is 13.1. The lowest BCUT2D eigenvalue weighted by atomic mass is 10.1. The van der Waals surface area contributed by atoms with E-state index in [1.165, 1.54) is 64.2 Å². The van der Waals surface area contributed by atoms with E-state index < -0.39 is 6.10 Å². The van der Waals surface area contributed by atoms with E-state index in [9.17, 15) is 14.4 Å². The van der Waals surface area contributed by atoms with Gasteiger partial charge in [-0.2, -0.15) is 0 Å². The van der Waals surface area contributed by atoms with Crippen molar-refractivity contribution in [2.45, 2.75) is 258 Å². The maximum absolute atomic E-state index is 12.9. The van der Waals surface area contributed by atoms with Crippen molar-refractivity contribution >= 4 is 17.9 Å². The maximum atomic E-state index is 12.9. The SMILES string of the molecule is CC/C=C\C/C=C\C/C=C\C/C=C\C/C=C\CCCCCC(=O)OC[C@@H](COC(=O)CCCCCC/C=C\C/C=C\C/C=C\CCCCC)OC(=O)CCCCCCCC/C=C\C/C=C\C/C=C\CCCCC. The van der Waals surface area contributed by atoms with Crippen LogP contribution in [0.25, 0.3) is 0 Å². The van der Waals surface area contributed by atoms with Gasteiger partial charge in [-0.25, -0.2) is 0 Å². The Balaban J connectivity index is 4.54. The summed E-state index contributed by atoms with van der Waals surface area (Å²) in [6, 6.07) is 0. The summed E-state index contributed by atoms with van der Waals surface area (Å²) < 4.78 is 16.8. The molecule has 412 valence electrons. The fraction of sp³-hybridized carbons (Fsp3) is 0.627. The molecule has 0 spiro atoms. The van der Waals surface area contributed by atoms with Crippen LogP contribution in [0.3, 0.4) is 0 Å². The largest absolute Gasteiger partial charge is 0.462 e. The third-order valence-electron chi connectivity index (χ3n) is 12.1. The monoisotopic (exact) mass is 1010 g/mol. The topological polar surface area (TPSA) is 78.9 Å². The van der Waals surface area contributed by atoms with Crippen molar-refractivity contribution in [3.63, 3.8) is 0 Å². The molecular weight excluding hydrogens is 901 g/mol. The van der Waals surface area contributed by atoms with Gasteiger partial charge in [0.1, 0.15) is 13.2 Å². The average molecular weight is 1010 g/mol. The van der Waals surface area contributed by atoms with Crippen LogP contribution in [0.1, 0.15) is 252 Å². The molecule has 1 atom stereocenters. The Morgan fingerprint density at radius 1 is 0.288 bits per heavy atom. The number of carbonyl (C=O) groups is 3. The van der Waals surface area contributed by atoms with Gasteiger partial charge in [0.2, 0.25) is 0 Å². The van der Waals surface area contributed by atoms with E-state index >= 15 is 0 Å². The van der Waals surface area contributed by atoms with Gasteiger partial charge >= 0.3 is 17.9 Å². The van der Waals surface area contributed by atoms with Crippen LogP contribution < -0.4 is 0 Å². The Morgan fingerprint density at radius 3 is 0.849 bits per heavy atom. The zero-order chi connectivity index (χ0) is 52.9. The Bertz CT molecular complexity index is 1580. The molecule has 0 rings (SSSR count). The van der Waals surface area contributed by atoms with E-state index in [0.29, 0.717) is 19.3 Å². The molecule has 0 aromatic heterocycles. The number of allylic oxidation sites excluding steroid dienone is 22. The molecule has 6 nitrogen and oxygen atoms in total. The summed E-state index contributed by atoms with van der Waals surface area (Å²) >= 11 is 0. The lowest BCUT2D eigenvalue weighted by Gasteiger charge is -2.18. The Kier molecular flexibility index (Phi) is 56.4. The van der Waals surface area contributed by atoms with Crippen LogP contribution in [-0.2, 0) is 28.6 Å². The highest BCUT2D eigenvalue weighted by atomic mass is 16.6. The predicted octanol–water partition coefficient (Wildman–Crippen LogP) is 20.2. The molecule has 0 amide bonds. The zero-order valence-electron chi connectivity index (χ0n) is 47.1. The molecule has 0 saturated heterocycles. The van der Waals surface area contributed by atoms with Crippen molar-refractivity contribution in [2.24, 2.45) is 0 Å². The summed E-state index contributed by atoms with van der Waals surface area (Å²) in [7, 11) is 0. The molecule has 6 heteroatoms. The van der Waals surface area contributed by atoms with Gasteiger partial charge in [0.15, 0.2) is 6.10 Å². The van der Waals surface area contributed by atoms with Gasteiger partial charge in [0.25, 0.3) is 0 Å². The van der Waals surface area contributed by atoms with E-state index in [0.717, 1.165) is 148 Å². The van der Waals surface area contributed by atoms with Crippen molar-refractivity contribution in [3.8, 4) is 0 Å². The molecule has 0 fully saturated rings. The first-order valence-electron chi connectivity index (χ1n) is 29.7. The Hall–Kier alpha value is -4.45. The first-order valence-corrected chi connectivity index (χ1v) is 29.7. The highest BCUT2D eigenvalue weighted by Crippen LogP contribution is 2.13. The van der Waals surface area contributed by atoms with E-state index in [-0.39, 0.29) is 31.1 Å². The minimum absolute atomic E-state index is 0.110. The summed E-state index contributed by atoms with van der Waals surface area (Å²) in [4.78, 5) is 38.2. The van der Waals surface area contributed by atoms with Gasteiger partial charge in [-0.1, -0.05) is 225 Å². The van der Waals surface area contributed by atoms with Gasteiger partial charge in [-0.3, -0.25) is 14.4 Å². The second kappa shape index (κ2) is 60.1. The third-order valence-corrected chi connectivity index (χ3v) is 12.1. The minimum atomic E-state index is -0.815. The number of unbranched alkanes of at least 4 members (excludes halogenated alkanes) is 19. The van der Waals surface area contributed by atoms with Gasteiger partial charge < -0.3 is 14.2 Å². The number of hydrogen-bond acceptors (Lipinski definition) is 6. The van der Waals surface area contributed by atoms with Gasteiger partial charge in [0, 0.05) is 19.3 Å². The highest BCUT2D eigenvalue weighted by molar-refractivity contribution is 5.71. The summed E-state index contributed by atoms with van der Waals surface area (Å²) in [5.74, 6) is -0.978. The van der Waals surface area contributed by atoms with Gasteiger partial charge in [-0.05, 0) is 141 Å². The van der Waals surface area contributed by atoms with Crippen molar-refractivity contribution < 1.29 is 28.6 Å². The molecule has 0 N–H and O–H groups in total. The second-order valence-corrected chi connectivity index (χ2v) is 19.2. The fourth-order valence-electron chi connectivity index (χ4n) is 7.66. The fourth-order valence-corrected chi connectivity index (χ4v) is 7.66. The van der Waals surface area contributed by atoms with E-state index in [4.69, 9.17) is 14.2 Å². The van der Waals surface area contributed by atoms with Crippen LogP contribution >= 0.6 is 0 Å². The number of hydrogen-bond donors (Lipinski definition) is 0. The molecule has 0 aliphatic heterocycles.